The van der Waals surface area contributed by atoms with Crippen LogP contribution >= 0.6 is 0 Å². The summed E-state index contributed by atoms with van der Waals surface area (Å²) < 4.78 is 13.6. The standard InChI is InChI=1S/C26H36FN/c1-4-24(28(20(2)3)19-18-21-8-6-5-7-9-21)15-12-22-10-13-23(14-11-22)25-16-17-26(25)27/h5-11,13-14,20,24-26H,4,12,15-19H2,1-3H3. The lowest BCUT2D eigenvalue weighted by molar-refractivity contribution is 0.143. The van der Waals surface area contributed by atoms with Crippen molar-refractivity contribution in [3.05, 3.63) is 71.3 Å². The Bertz CT molecular complexity index is 694. The van der Waals surface area contributed by atoms with E-state index in [0.717, 1.165) is 32.2 Å². The molecule has 0 bridgehead atoms. The number of benzene rings is 2. The average Bonchev–Trinajstić information content (AvgIpc) is 2.70. The third-order valence-electron chi connectivity index (χ3n) is 6.47. The van der Waals surface area contributed by atoms with Crippen molar-refractivity contribution >= 4 is 0 Å². The first-order valence-corrected chi connectivity index (χ1v) is 11.1. The molecule has 1 fully saturated rings. The Labute approximate surface area is 171 Å². The van der Waals surface area contributed by atoms with E-state index in [-0.39, 0.29) is 5.92 Å². The van der Waals surface area contributed by atoms with Crippen molar-refractivity contribution in [1.29, 1.82) is 0 Å². The van der Waals surface area contributed by atoms with Crippen molar-refractivity contribution in [2.24, 2.45) is 0 Å². The largest absolute Gasteiger partial charge is 0.298 e. The average molecular weight is 382 g/mol. The molecule has 0 heterocycles. The zero-order valence-electron chi connectivity index (χ0n) is 17.8. The fraction of sp³-hybridized carbons (Fsp3) is 0.538. The maximum absolute atomic E-state index is 13.6. The maximum atomic E-state index is 13.6. The second-order valence-electron chi connectivity index (χ2n) is 8.61. The summed E-state index contributed by atoms with van der Waals surface area (Å²) in [5.74, 6) is 0.145. The number of nitrogens with zero attached hydrogens (tertiary/aromatic N) is 1. The third kappa shape index (κ3) is 5.44. The van der Waals surface area contributed by atoms with Gasteiger partial charge in [0.15, 0.2) is 0 Å². The first-order valence-electron chi connectivity index (χ1n) is 11.1. The smallest absolute Gasteiger partial charge is 0.107 e. The summed E-state index contributed by atoms with van der Waals surface area (Å²) in [5, 5.41) is 0. The van der Waals surface area contributed by atoms with Crippen molar-refractivity contribution in [3.63, 3.8) is 0 Å². The van der Waals surface area contributed by atoms with Gasteiger partial charge in [0.2, 0.25) is 0 Å². The lowest BCUT2D eigenvalue weighted by Crippen LogP contribution is -2.41. The van der Waals surface area contributed by atoms with Gasteiger partial charge in [-0.05, 0) is 69.1 Å². The molecule has 2 aromatic carbocycles. The lowest BCUT2D eigenvalue weighted by Gasteiger charge is -2.35. The molecule has 3 unspecified atom stereocenters. The van der Waals surface area contributed by atoms with Crippen molar-refractivity contribution < 1.29 is 4.39 Å². The number of aryl methyl sites for hydroxylation is 1. The van der Waals surface area contributed by atoms with Crippen molar-refractivity contribution in [3.8, 4) is 0 Å². The molecule has 1 aliphatic rings. The van der Waals surface area contributed by atoms with Crippen LogP contribution in [-0.2, 0) is 12.8 Å². The molecule has 0 saturated heterocycles. The summed E-state index contributed by atoms with van der Waals surface area (Å²) in [5.41, 5.74) is 3.98. The van der Waals surface area contributed by atoms with Crippen molar-refractivity contribution in [2.75, 3.05) is 6.54 Å². The van der Waals surface area contributed by atoms with Gasteiger partial charge in [0, 0.05) is 24.5 Å². The van der Waals surface area contributed by atoms with E-state index in [2.05, 4.69) is 80.3 Å². The molecule has 3 rings (SSSR count). The van der Waals surface area contributed by atoms with Crippen LogP contribution in [0.5, 0.6) is 0 Å². The molecule has 2 aromatic rings. The monoisotopic (exact) mass is 381 g/mol. The highest BCUT2D eigenvalue weighted by Crippen LogP contribution is 2.39. The molecular weight excluding hydrogens is 345 g/mol. The van der Waals surface area contributed by atoms with E-state index in [1.807, 2.05) is 0 Å². The fourth-order valence-electron chi connectivity index (χ4n) is 4.47. The Hall–Kier alpha value is -1.67. The van der Waals surface area contributed by atoms with Gasteiger partial charge in [0.1, 0.15) is 6.17 Å². The first-order chi connectivity index (χ1) is 13.6. The van der Waals surface area contributed by atoms with Crippen LogP contribution in [-0.4, -0.2) is 29.7 Å². The normalized spacial score (nSPS) is 20.4. The van der Waals surface area contributed by atoms with Gasteiger partial charge in [0.05, 0.1) is 0 Å². The van der Waals surface area contributed by atoms with Crippen LogP contribution in [0, 0.1) is 0 Å². The molecule has 2 heteroatoms. The van der Waals surface area contributed by atoms with E-state index >= 15 is 0 Å². The highest BCUT2D eigenvalue weighted by atomic mass is 19.1. The molecule has 0 aliphatic heterocycles. The van der Waals surface area contributed by atoms with Gasteiger partial charge >= 0.3 is 0 Å². The predicted octanol–water partition coefficient (Wildman–Crippen LogP) is 6.57. The van der Waals surface area contributed by atoms with Gasteiger partial charge in [0.25, 0.3) is 0 Å². The number of halogens is 1. The van der Waals surface area contributed by atoms with E-state index in [1.54, 1.807) is 0 Å². The summed E-state index contributed by atoms with van der Waals surface area (Å²) in [6.07, 6.45) is 5.67. The number of alkyl halides is 1. The zero-order valence-corrected chi connectivity index (χ0v) is 17.8. The molecule has 28 heavy (non-hydrogen) atoms. The number of hydrogen-bond donors (Lipinski definition) is 0. The van der Waals surface area contributed by atoms with Crippen molar-refractivity contribution in [1.82, 2.24) is 4.90 Å². The Balaban J connectivity index is 1.55. The highest BCUT2D eigenvalue weighted by Gasteiger charge is 2.31. The summed E-state index contributed by atoms with van der Waals surface area (Å²) in [6.45, 7) is 8.05. The number of rotatable bonds is 10. The van der Waals surface area contributed by atoms with Crippen molar-refractivity contribution in [2.45, 2.75) is 83.5 Å². The molecule has 3 atom stereocenters. The zero-order chi connectivity index (χ0) is 19.9. The fourth-order valence-corrected chi connectivity index (χ4v) is 4.47. The Morgan fingerprint density at radius 1 is 0.929 bits per heavy atom. The van der Waals surface area contributed by atoms with Gasteiger partial charge < -0.3 is 0 Å². The lowest BCUT2D eigenvalue weighted by atomic mass is 9.78. The Kier molecular flexibility index (Phi) is 7.67. The van der Waals surface area contributed by atoms with Gasteiger partial charge in [-0.3, -0.25) is 4.90 Å². The highest BCUT2D eigenvalue weighted by molar-refractivity contribution is 5.28. The Morgan fingerprint density at radius 2 is 1.61 bits per heavy atom. The summed E-state index contributed by atoms with van der Waals surface area (Å²) in [7, 11) is 0. The molecule has 0 amide bonds. The minimum Gasteiger partial charge on any atom is -0.298 e. The molecule has 0 N–H and O–H groups in total. The van der Waals surface area contributed by atoms with Crippen LogP contribution in [0.25, 0.3) is 0 Å². The topological polar surface area (TPSA) is 3.24 Å². The molecule has 1 nitrogen and oxygen atoms in total. The summed E-state index contributed by atoms with van der Waals surface area (Å²) >= 11 is 0. The second-order valence-corrected chi connectivity index (χ2v) is 8.61. The molecule has 1 saturated carbocycles. The van der Waals surface area contributed by atoms with Crippen LogP contribution in [0.15, 0.2) is 54.6 Å². The van der Waals surface area contributed by atoms with E-state index in [9.17, 15) is 4.39 Å². The number of hydrogen-bond acceptors (Lipinski definition) is 1. The van der Waals surface area contributed by atoms with Gasteiger partial charge in [-0.2, -0.15) is 0 Å². The summed E-state index contributed by atoms with van der Waals surface area (Å²) in [4.78, 5) is 2.67. The van der Waals surface area contributed by atoms with Crippen LogP contribution < -0.4 is 0 Å². The van der Waals surface area contributed by atoms with Gasteiger partial charge in [-0.15, -0.1) is 0 Å². The predicted molar refractivity (Wildman–Crippen MR) is 118 cm³/mol. The van der Waals surface area contributed by atoms with Crippen LogP contribution in [0.2, 0.25) is 0 Å². The molecule has 152 valence electrons. The SMILES string of the molecule is CCC(CCc1ccc(C2CCC2F)cc1)N(CCc1ccccc1)C(C)C. The first kappa shape index (κ1) is 21.0. The maximum Gasteiger partial charge on any atom is 0.107 e. The van der Waals surface area contributed by atoms with E-state index in [0.29, 0.717) is 12.1 Å². The van der Waals surface area contributed by atoms with Crippen LogP contribution in [0.4, 0.5) is 4.39 Å². The van der Waals surface area contributed by atoms with E-state index in [4.69, 9.17) is 0 Å². The minimum absolute atomic E-state index is 0.145. The molecule has 0 aromatic heterocycles. The molecule has 0 spiro atoms. The molecule has 0 radical (unpaired) electrons. The molecule has 1 aliphatic carbocycles. The minimum atomic E-state index is -0.625. The third-order valence-corrected chi connectivity index (χ3v) is 6.47. The van der Waals surface area contributed by atoms with Gasteiger partial charge in [-0.25, -0.2) is 4.39 Å². The Morgan fingerprint density at radius 3 is 2.14 bits per heavy atom. The second kappa shape index (κ2) is 10.2. The van der Waals surface area contributed by atoms with E-state index in [1.165, 1.54) is 29.5 Å². The molecular formula is C26H36FN. The van der Waals surface area contributed by atoms with Crippen LogP contribution in [0.3, 0.4) is 0 Å². The van der Waals surface area contributed by atoms with Gasteiger partial charge in [-0.1, -0.05) is 61.5 Å². The summed E-state index contributed by atoms with van der Waals surface area (Å²) in [6, 6.07) is 20.7. The van der Waals surface area contributed by atoms with E-state index < -0.39 is 6.17 Å². The van der Waals surface area contributed by atoms with Crippen LogP contribution in [0.1, 0.15) is 69.1 Å². The quantitative estimate of drug-likeness (QED) is 0.450.